The quantitative estimate of drug-likeness (QED) is 0.780. The van der Waals surface area contributed by atoms with E-state index in [9.17, 15) is 14.7 Å². The van der Waals surface area contributed by atoms with Gasteiger partial charge in [-0.2, -0.15) is 5.10 Å². The van der Waals surface area contributed by atoms with Crippen molar-refractivity contribution in [1.82, 2.24) is 14.7 Å². The van der Waals surface area contributed by atoms with Crippen LogP contribution in [0, 0.1) is 0 Å². The van der Waals surface area contributed by atoms with E-state index in [1.165, 1.54) is 11.8 Å². The zero-order valence-corrected chi connectivity index (χ0v) is 15.5. The average molecular weight is 398 g/mol. The van der Waals surface area contributed by atoms with Crippen LogP contribution in [0.25, 0.3) is 5.69 Å². The van der Waals surface area contributed by atoms with Gasteiger partial charge < -0.3 is 9.84 Å². The molecular weight excluding hydrogens is 381 g/mol. The van der Waals surface area contributed by atoms with Crippen molar-refractivity contribution in [3.63, 3.8) is 0 Å². The van der Waals surface area contributed by atoms with Crippen LogP contribution in [0.1, 0.15) is 28.9 Å². The molecule has 9 heteroatoms. The number of halogens is 2. The van der Waals surface area contributed by atoms with Crippen LogP contribution in [0.3, 0.4) is 0 Å². The molecule has 1 aromatic heterocycles. The summed E-state index contributed by atoms with van der Waals surface area (Å²) in [7, 11) is 1.28. The first-order chi connectivity index (χ1) is 12.4. The highest BCUT2D eigenvalue weighted by atomic mass is 35.5. The van der Waals surface area contributed by atoms with E-state index in [2.05, 4.69) is 5.10 Å². The maximum atomic E-state index is 12.1. The molecule has 0 bridgehead atoms. The van der Waals surface area contributed by atoms with Crippen molar-refractivity contribution < 1.29 is 19.4 Å². The third kappa shape index (κ3) is 3.70. The van der Waals surface area contributed by atoms with Gasteiger partial charge >= 0.3 is 11.9 Å². The Morgan fingerprint density at radius 2 is 2.12 bits per heavy atom. The van der Waals surface area contributed by atoms with E-state index >= 15 is 0 Å². The van der Waals surface area contributed by atoms with Crippen LogP contribution in [0.5, 0.6) is 0 Å². The number of rotatable bonds is 5. The molecule has 1 N–H and O–H groups in total. The second-order valence-corrected chi connectivity index (χ2v) is 6.82. The molecule has 1 aliphatic rings. The number of carboxylic acid groups (broad SMARTS) is 1. The summed E-state index contributed by atoms with van der Waals surface area (Å²) in [5, 5.41) is 14.4. The summed E-state index contributed by atoms with van der Waals surface area (Å²) in [6.45, 7) is 0.943. The summed E-state index contributed by atoms with van der Waals surface area (Å²) in [6.07, 6.45) is 3.07. The Balaban J connectivity index is 1.95. The van der Waals surface area contributed by atoms with Gasteiger partial charge in [0.25, 0.3) is 0 Å². The fourth-order valence-electron chi connectivity index (χ4n) is 3.07. The highest BCUT2D eigenvalue weighted by molar-refractivity contribution is 6.42. The first-order valence-corrected chi connectivity index (χ1v) is 8.75. The van der Waals surface area contributed by atoms with E-state index < -0.39 is 18.0 Å². The van der Waals surface area contributed by atoms with Gasteiger partial charge in [0.15, 0.2) is 5.69 Å². The lowest BCUT2D eigenvalue weighted by Gasteiger charge is -2.20. The van der Waals surface area contributed by atoms with E-state index in [-0.39, 0.29) is 5.69 Å². The third-order valence-corrected chi connectivity index (χ3v) is 5.10. The number of aromatic nitrogens is 2. The Bertz CT molecular complexity index is 853. The fourth-order valence-corrected chi connectivity index (χ4v) is 3.36. The van der Waals surface area contributed by atoms with Crippen LogP contribution in [-0.2, 0) is 16.1 Å². The first-order valence-electron chi connectivity index (χ1n) is 8.00. The predicted molar refractivity (Wildman–Crippen MR) is 96.0 cm³/mol. The zero-order valence-electron chi connectivity index (χ0n) is 14.0. The van der Waals surface area contributed by atoms with Gasteiger partial charge in [0, 0.05) is 18.3 Å². The van der Waals surface area contributed by atoms with E-state index in [4.69, 9.17) is 27.9 Å². The number of ether oxygens (including phenoxy) is 1. The molecule has 2 aromatic rings. The normalized spacial score (nSPS) is 17.4. The monoisotopic (exact) mass is 397 g/mol. The van der Waals surface area contributed by atoms with Crippen molar-refractivity contribution in [1.29, 1.82) is 0 Å². The van der Waals surface area contributed by atoms with Gasteiger partial charge in [-0.1, -0.05) is 23.2 Å². The number of hydrogen-bond donors (Lipinski definition) is 1. The van der Waals surface area contributed by atoms with E-state index in [1.807, 2.05) is 4.90 Å². The number of hydrogen-bond acceptors (Lipinski definition) is 5. The van der Waals surface area contributed by atoms with Crippen LogP contribution in [-0.4, -0.2) is 51.4 Å². The molecule has 0 saturated carbocycles. The summed E-state index contributed by atoms with van der Waals surface area (Å²) in [4.78, 5) is 25.3. The van der Waals surface area contributed by atoms with E-state index in [0.717, 1.165) is 6.42 Å². The topological polar surface area (TPSA) is 84.7 Å². The van der Waals surface area contributed by atoms with Gasteiger partial charge in [-0.15, -0.1) is 0 Å². The molecule has 1 atom stereocenters. The molecule has 0 amide bonds. The minimum atomic E-state index is -0.862. The summed E-state index contributed by atoms with van der Waals surface area (Å²) >= 11 is 12.0. The number of nitrogens with zero attached hydrogens (tertiary/aromatic N) is 3. The molecule has 1 fully saturated rings. The molecule has 0 radical (unpaired) electrons. The lowest BCUT2D eigenvalue weighted by atomic mass is 10.2. The minimum absolute atomic E-state index is 0.148. The number of aliphatic carboxylic acids is 1. The van der Waals surface area contributed by atoms with Gasteiger partial charge in [-0.3, -0.25) is 9.69 Å². The molecule has 138 valence electrons. The van der Waals surface area contributed by atoms with Crippen LogP contribution in [0.4, 0.5) is 0 Å². The van der Waals surface area contributed by atoms with Crippen molar-refractivity contribution in [3.05, 3.63) is 45.7 Å². The van der Waals surface area contributed by atoms with E-state index in [0.29, 0.717) is 40.8 Å². The number of carbonyl (C=O) groups is 2. The van der Waals surface area contributed by atoms with Crippen LogP contribution < -0.4 is 0 Å². The van der Waals surface area contributed by atoms with Gasteiger partial charge in [-0.25, -0.2) is 9.48 Å². The summed E-state index contributed by atoms with van der Waals surface area (Å²) in [5.74, 6) is -1.44. The lowest BCUT2D eigenvalue weighted by molar-refractivity contribution is -0.142. The van der Waals surface area contributed by atoms with Crippen molar-refractivity contribution in [3.8, 4) is 5.69 Å². The number of methoxy groups -OCH3 is 1. The molecule has 2 heterocycles. The average Bonchev–Trinajstić information content (AvgIpc) is 3.24. The smallest absolute Gasteiger partial charge is 0.358 e. The number of carboxylic acids is 1. The molecule has 3 rings (SSSR count). The largest absolute Gasteiger partial charge is 0.480 e. The standard InChI is InChI=1S/C17H17Cl2N3O4/c1-26-17(25)15-10(8-21-6-2-3-14(21)16(23)24)9-22(20-15)11-4-5-12(18)13(19)7-11/h4-5,7,9,14H,2-3,6,8H2,1H3,(H,23,24). The number of carbonyl (C=O) groups excluding carboxylic acids is 1. The number of likely N-dealkylation sites (tertiary alicyclic amines) is 1. The summed E-state index contributed by atoms with van der Waals surface area (Å²) in [6, 6.07) is 4.44. The third-order valence-electron chi connectivity index (χ3n) is 4.36. The second-order valence-electron chi connectivity index (χ2n) is 6.00. The Morgan fingerprint density at radius 1 is 1.35 bits per heavy atom. The molecule has 0 aliphatic carbocycles. The van der Waals surface area contributed by atoms with Crippen molar-refractivity contribution in [2.75, 3.05) is 13.7 Å². The highest BCUT2D eigenvalue weighted by Crippen LogP contribution is 2.26. The Kier molecular flexibility index (Phi) is 5.50. The van der Waals surface area contributed by atoms with Crippen molar-refractivity contribution >= 4 is 35.1 Å². The lowest BCUT2D eigenvalue weighted by Crippen LogP contribution is -2.35. The minimum Gasteiger partial charge on any atom is -0.480 e. The fraction of sp³-hybridized carbons (Fsp3) is 0.353. The maximum Gasteiger partial charge on any atom is 0.358 e. The summed E-state index contributed by atoms with van der Waals surface area (Å²) < 4.78 is 6.32. The molecular formula is C17H17Cl2N3O4. The molecule has 1 aromatic carbocycles. The highest BCUT2D eigenvalue weighted by Gasteiger charge is 2.32. The van der Waals surface area contributed by atoms with Gasteiger partial charge in [0.05, 0.1) is 22.8 Å². The van der Waals surface area contributed by atoms with Crippen molar-refractivity contribution in [2.24, 2.45) is 0 Å². The van der Waals surface area contributed by atoms with E-state index in [1.54, 1.807) is 24.4 Å². The van der Waals surface area contributed by atoms with Gasteiger partial charge in [0.2, 0.25) is 0 Å². The van der Waals surface area contributed by atoms with Crippen LogP contribution >= 0.6 is 23.2 Å². The molecule has 0 spiro atoms. The van der Waals surface area contributed by atoms with Gasteiger partial charge in [0.1, 0.15) is 6.04 Å². The molecule has 1 saturated heterocycles. The first kappa shape index (κ1) is 18.7. The predicted octanol–water partition coefficient (Wildman–Crippen LogP) is 3.01. The number of esters is 1. The summed E-state index contributed by atoms with van der Waals surface area (Å²) in [5.41, 5.74) is 1.37. The molecule has 26 heavy (non-hydrogen) atoms. The molecule has 7 nitrogen and oxygen atoms in total. The zero-order chi connectivity index (χ0) is 18.8. The van der Waals surface area contributed by atoms with Crippen LogP contribution in [0.2, 0.25) is 10.0 Å². The Morgan fingerprint density at radius 3 is 2.77 bits per heavy atom. The number of benzene rings is 1. The molecule has 1 aliphatic heterocycles. The molecule has 1 unspecified atom stereocenters. The second kappa shape index (κ2) is 7.65. The maximum absolute atomic E-state index is 12.1. The van der Waals surface area contributed by atoms with Gasteiger partial charge in [-0.05, 0) is 37.6 Å². The SMILES string of the molecule is COC(=O)c1nn(-c2ccc(Cl)c(Cl)c2)cc1CN1CCCC1C(=O)O. The Labute approximate surface area is 160 Å². The Hall–Kier alpha value is -2.09. The van der Waals surface area contributed by atoms with Crippen LogP contribution in [0.15, 0.2) is 24.4 Å². The van der Waals surface area contributed by atoms with Crippen molar-refractivity contribution in [2.45, 2.75) is 25.4 Å².